The van der Waals surface area contributed by atoms with Crippen LogP contribution in [0.3, 0.4) is 0 Å². The molecule has 0 radical (unpaired) electrons. The smallest absolute Gasteiger partial charge is 0.168 e. The van der Waals surface area contributed by atoms with E-state index in [1.165, 1.54) is 0 Å². The number of benzene rings is 3. The number of unbranched alkanes of at least 4 members (excludes halogenated alkanes) is 1. The van der Waals surface area contributed by atoms with Crippen LogP contribution in [0.2, 0.25) is 0 Å². The minimum Gasteiger partial charge on any atom is -0.511 e. The van der Waals surface area contributed by atoms with Crippen LogP contribution in [0.5, 0.6) is 0 Å². The van der Waals surface area contributed by atoms with Crippen molar-refractivity contribution in [3.8, 4) is 0 Å². The summed E-state index contributed by atoms with van der Waals surface area (Å²) >= 11 is 0. The first-order valence-corrected chi connectivity index (χ1v) is 10.7. The second-order valence-corrected chi connectivity index (χ2v) is 7.95. The Balaban J connectivity index is 1.76. The average molecular weight is 398 g/mol. The van der Waals surface area contributed by atoms with E-state index in [9.17, 15) is 9.90 Å². The van der Waals surface area contributed by atoms with Gasteiger partial charge in [-0.1, -0.05) is 74.0 Å². The Kier molecular flexibility index (Phi) is 6.08. The van der Waals surface area contributed by atoms with Gasteiger partial charge in [0.05, 0.1) is 17.0 Å². The Labute approximate surface area is 177 Å². The van der Waals surface area contributed by atoms with Crippen molar-refractivity contribution in [2.45, 2.75) is 44.9 Å². The number of ketones is 1. The number of hydrogen-bond donors (Lipinski definition) is 1. The van der Waals surface area contributed by atoms with Crippen molar-refractivity contribution >= 4 is 28.0 Å². The van der Waals surface area contributed by atoms with Gasteiger partial charge in [-0.3, -0.25) is 9.79 Å². The molecule has 0 aromatic heterocycles. The summed E-state index contributed by atoms with van der Waals surface area (Å²) in [4.78, 5) is 18.0. The maximum absolute atomic E-state index is 13.1. The lowest BCUT2D eigenvalue weighted by Gasteiger charge is -2.26. The SMILES string of the molecule is CCCCC(O)=C1C(=O)CC(c2ccccc2)CC1=Nc1ccc2ccccc2c1. The Morgan fingerprint density at radius 2 is 1.70 bits per heavy atom. The third-order valence-electron chi connectivity index (χ3n) is 5.76. The third-order valence-corrected chi connectivity index (χ3v) is 5.76. The van der Waals surface area contributed by atoms with Crippen LogP contribution in [0.15, 0.2) is 89.1 Å². The Morgan fingerprint density at radius 1 is 0.967 bits per heavy atom. The van der Waals surface area contributed by atoms with Crippen LogP contribution in [-0.2, 0) is 4.79 Å². The van der Waals surface area contributed by atoms with Gasteiger partial charge in [0, 0.05) is 12.8 Å². The molecule has 3 aromatic carbocycles. The summed E-state index contributed by atoms with van der Waals surface area (Å²) in [5, 5.41) is 13.0. The topological polar surface area (TPSA) is 49.7 Å². The molecular weight excluding hydrogens is 370 g/mol. The number of carbonyl (C=O) groups is 1. The van der Waals surface area contributed by atoms with Gasteiger partial charge in [0.15, 0.2) is 5.78 Å². The quantitative estimate of drug-likeness (QED) is 0.370. The van der Waals surface area contributed by atoms with Crippen molar-refractivity contribution in [1.82, 2.24) is 0 Å². The van der Waals surface area contributed by atoms with Crippen molar-refractivity contribution in [3.05, 3.63) is 89.7 Å². The summed E-state index contributed by atoms with van der Waals surface area (Å²) in [5.74, 6) is 0.261. The molecular formula is C27H27NO2. The van der Waals surface area contributed by atoms with Crippen LogP contribution in [0.4, 0.5) is 5.69 Å². The Hall–Kier alpha value is -3.20. The van der Waals surface area contributed by atoms with Crippen LogP contribution >= 0.6 is 0 Å². The molecule has 1 atom stereocenters. The number of aliphatic imine (C=N–C) groups is 1. The first kappa shape index (κ1) is 20.1. The number of nitrogens with zero attached hydrogens (tertiary/aromatic N) is 1. The van der Waals surface area contributed by atoms with Gasteiger partial charge in [-0.05, 0) is 47.2 Å². The molecule has 0 spiro atoms. The average Bonchev–Trinajstić information content (AvgIpc) is 2.77. The van der Waals surface area contributed by atoms with Gasteiger partial charge in [-0.25, -0.2) is 0 Å². The predicted molar refractivity (Wildman–Crippen MR) is 124 cm³/mol. The summed E-state index contributed by atoms with van der Waals surface area (Å²) in [7, 11) is 0. The van der Waals surface area contributed by atoms with Gasteiger partial charge in [-0.2, -0.15) is 0 Å². The number of aliphatic hydroxyl groups is 1. The molecule has 1 aliphatic carbocycles. The van der Waals surface area contributed by atoms with Crippen molar-refractivity contribution in [3.63, 3.8) is 0 Å². The maximum Gasteiger partial charge on any atom is 0.168 e. The van der Waals surface area contributed by atoms with Gasteiger partial charge in [0.25, 0.3) is 0 Å². The molecule has 0 bridgehead atoms. The van der Waals surface area contributed by atoms with Crippen LogP contribution in [0.25, 0.3) is 10.8 Å². The first-order valence-electron chi connectivity index (χ1n) is 10.7. The number of aliphatic hydroxyl groups excluding tert-OH is 1. The molecule has 4 rings (SSSR count). The number of rotatable bonds is 5. The van der Waals surface area contributed by atoms with Crippen LogP contribution < -0.4 is 0 Å². The summed E-state index contributed by atoms with van der Waals surface area (Å²) in [5.41, 5.74) is 3.09. The normalized spacial score (nSPS) is 20.0. The van der Waals surface area contributed by atoms with Gasteiger partial charge < -0.3 is 5.11 Å². The van der Waals surface area contributed by atoms with E-state index in [-0.39, 0.29) is 17.5 Å². The number of fused-ring (bicyclic) bond motifs is 1. The highest BCUT2D eigenvalue weighted by Gasteiger charge is 2.32. The zero-order chi connectivity index (χ0) is 20.9. The second kappa shape index (κ2) is 9.08. The van der Waals surface area contributed by atoms with E-state index < -0.39 is 0 Å². The molecule has 1 saturated carbocycles. The molecule has 3 heteroatoms. The maximum atomic E-state index is 13.1. The van der Waals surface area contributed by atoms with Crippen LogP contribution in [-0.4, -0.2) is 16.6 Å². The molecule has 0 aliphatic heterocycles. The van der Waals surface area contributed by atoms with E-state index >= 15 is 0 Å². The molecule has 0 heterocycles. The zero-order valence-electron chi connectivity index (χ0n) is 17.3. The van der Waals surface area contributed by atoms with Gasteiger partial charge >= 0.3 is 0 Å². The molecule has 1 aliphatic rings. The summed E-state index contributed by atoms with van der Waals surface area (Å²) in [6.45, 7) is 2.08. The zero-order valence-corrected chi connectivity index (χ0v) is 17.3. The van der Waals surface area contributed by atoms with Crippen molar-refractivity contribution < 1.29 is 9.90 Å². The highest BCUT2D eigenvalue weighted by molar-refractivity contribution is 6.25. The van der Waals surface area contributed by atoms with E-state index in [4.69, 9.17) is 4.99 Å². The molecule has 0 saturated heterocycles. The monoisotopic (exact) mass is 397 g/mol. The van der Waals surface area contributed by atoms with Gasteiger partial charge in [0.2, 0.25) is 0 Å². The van der Waals surface area contributed by atoms with Crippen molar-refractivity contribution in [1.29, 1.82) is 0 Å². The fourth-order valence-corrected chi connectivity index (χ4v) is 4.16. The molecule has 1 N–H and O–H groups in total. The fraction of sp³-hybridized carbons (Fsp3) is 0.259. The van der Waals surface area contributed by atoms with E-state index in [0.717, 1.165) is 34.9 Å². The lowest BCUT2D eigenvalue weighted by Crippen LogP contribution is -2.26. The molecule has 3 aromatic rings. The van der Waals surface area contributed by atoms with Crippen LogP contribution in [0.1, 0.15) is 50.5 Å². The number of carbonyl (C=O) groups excluding carboxylic acids is 1. The number of allylic oxidation sites excluding steroid dienone is 2. The van der Waals surface area contributed by atoms with E-state index in [2.05, 4.69) is 31.2 Å². The standard InChI is InChI=1S/C27H27NO2/c1-2-3-13-25(29)27-24(17-22(18-26(27)30)19-9-5-4-6-10-19)28-23-15-14-20-11-7-8-12-21(20)16-23/h4-12,14-16,22,29H,2-3,13,17-18H2,1H3. The molecule has 1 fully saturated rings. The van der Waals surface area contributed by atoms with Gasteiger partial charge in [0.1, 0.15) is 5.76 Å². The predicted octanol–water partition coefficient (Wildman–Crippen LogP) is 7.06. The lowest BCUT2D eigenvalue weighted by atomic mass is 9.78. The summed E-state index contributed by atoms with van der Waals surface area (Å²) in [6.07, 6.45) is 3.40. The first-order chi connectivity index (χ1) is 14.7. The minimum atomic E-state index is -0.0109. The molecule has 0 amide bonds. The van der Waals surface area contributed by atoms with Crippen molar-refractivity contribution in [2.75, 3.05) is 0 Å². The lowest BCUT2D eigenvalue weighted by molar-refractivity contribution is -0.115. The molecule has 1 unspecified atom stereocenters. The third kappa shape index (κ3) is 4.35. The molecule has 152 valence electrons. The molecule has 30 heavy (non-hydrogen) atoms. The van der Waals surface area contributed by atoms with Gasteiger partial charge in [-0.15, -0.1) is 0 Å². The Bertz CT molecular complexity index is 1110. The van der Waals surface area contributed by atoms with E-state index in [1.807, 2.05) is 48.5 Å². The summed E-state index contributed by atoms with van der Waals surface area (Å²) < 4.78 is 0. The minimum absolute atomic E-state index is 0.0109. The Morgan fingerprint density at radius 3 is 2.47 bits per heavy atom. The molecule has 3 nitrogen and oxygen atoms in total. The van der Waals surface area contributed by atoms with Crippen LogP contribution in [0, 0.1) is 0 Å². The highest BCUT2D eigenvalue weighted by Crippen LogP contribution is 2.35. The van der Waals surface area contributed by atoms with E-state index in [1.54, 1.807) is 0 Å². The highest BCUT2D eigenvalue weighted by atomic mass is 16.3. The number of hydrogen-bond acceptors (Lipinski definition) is 3. The number of Topliss-reactive ketones (excluding diaryl/α,β-unsaturated/α-hetero) is 1. The van der Waals surface area contributed by atoms with E-state index in [0.29, 0.717) is 30.5 Å². The summed E-state index contributed by atoms with van der Waals surface area (Å²) in [6, 6.07) is 24.4. The largest absolute Gasteiger partial charge is 0.511 e. The second-order valence-electron chi connectivity index (χ2n) is 7.95. The van der Waals surface area contributed by atoms with Crippen molar-refractivity contribution in [2.24, 2.45) is 4.99 Å². The fourth-order valence-electron chi connectivity index (χ4n) is 4.16.